The van der Waals surface area contributed by atoms with E-state index in [1.165, 1.54) is 23.1 Å². The number of fused-ring (bicyclic) bond motifs is 1. The van der Waals surface area contributed by atoms with Crippen molar-refractivity contribution in [2.24, 2.45) is 11.8 Å². The number of rotatable bonds is 8. The monoisotopic (exact) mass is 332 g/mol. The van der Waals surface area contributed by atoms with Crippen molar-refractivity contribution >= 4 is 0 Å². The minimum absolute atomic E-state index is 0.233. The smallest absolute Gasteiger partial charge is 0.116 e. The molecule has 0 bridgehead atoms. The summed E-state index contributed by atoms with van der Waals surface area (Å²) in [6.07, 6.45) is 11.8. The van der Waals surface area contributed by atoms with Gasteiger partial charge in [-0.05, 0) is 29.6 Å². The van der Waals surface area contributed by atoms with Gasteiger partial charge in [-0.1, -0.05) is 73.4 Å². The molecule has 1 aliphatic heterocycles. The van der Waals surface area contributed by atoms with Crippen molar-refractivity contribution in [3.05, 3.63) is 96.3 Å². The van der Waals surface area contributed by atoms with Gasteiger partial charge in [0.05, 0.1) is 12.4 Å². The highest BCUT2D eigenvalue weighted by Gasteiger charge is 2.47. The number of ether oxygens (including phenoxy) is 2. The second kappa shape index (κ2) is 6.89. The zero-order chi connectivity index (χ0) is 17.2. The van der Waals surface area contributed by atoms with Gasteiger partial charge >= 0.3 is 0 Å². The molecule has 1 heterocycles. The van der Waals surface area contributed by atoms with Gasteiger partial charge in [0.2, 0.25) is 0 Å². The predicted octanol–water partition coefficient (Wildman–Crippen LogP) is 4.94. The predicted molar refractivity (Wildman–Crippen MR) is 101 cm³/mol. The van der Waals surface area contributed by atoms with Crippen LogP contribution in [-0.4, -0.2) is 19.3 Å². The van der Waals surface area contributed by atoms with Gasteiger partial charge in [0.15, 0.2) is 0 Å². The Balaban J connectivity index is 1.64. The summed E-state index contributed by atoms with van der Waals surface area (Å²) in [6, 6.07) is 10.7. The van der Waals surface area contributed by atoms with Gasteiger partial charge in [-0.3, -0.25) is 0 Å². The molecule has 25 heavy (non-hydrogen) atoms. The van der Waals surface area contributed by atoms with E-state index < -0.39 is 0 Å². The van der Waals surface area contributed by atoms with Crippen LogP contribution in [0.5, 0.6) is 0 Å². The molecule has 2 heteroatoms. The third kappa shape index (κ3) is 3.40. The Morgan fingerprint density at radius 1 is 1.20 bits per heavy atom. The van der Waals surface area contributed by atoms with E-state index in [1.54, 1.807) is 0 Å². The quantitative estimate of drug-likeness (QED) is 0.496. The fourth-order valence-corrected chi connectivity index (χ4v) is 3.76. The second-order valence-electron chi connectivity index (χ2n) is 6.90. The Labute approximate surface area is 149 Å². The molecule has 0 N–H and O–H groups in total. The summed E-state index contributed by atoms with van der Waals surface area (Å²) in [5, 5.41) is 0. The van der Waals surface area contributed by atoms with Crippen molar-refractivity contribution in [2.75, 3.05) is 13.2 Å². The van der Waals surface area contributed by atoms with Crippen LogP contribution >= 0.6 is 0 Å². The van der Waals surface area contributed by atoms with Gasteiger partial charge in [-0.15, -0.1) is 0 Å². The molecular formula is C23H24O2. The summed E-state index contributed by atoms with van der Waals surface area (Å²) >= 11 is 0. The molecule has 4 unspecified atom stereocenters. The lowest BCUT2D eigenvalue weighted by atomic mass is 9.80. The van der Waals surface area contributed by atoms with E-state index in [9.17, 15) is 0 Å². The van der Waals surface area contributed by atoms with Crippen molar-refractivity contribution in [1.29, 1.82) is 0 Å². The zero-order valence-corrected chi connectivity index (χ0v) is 14.4. The Morgan fingerprint density at radius 2 is 2.00 bits per heavy atom. The van der Waals surface area contributed by atoms with Crippen LogP contribution in [-0.2, 0) is 9.47 Å². The topological polar surface area (TPSA) is 21.8 Å². The lowest BCUT2D eigenvalue weighted by Gasteiger charge is -2.25. The molecule has 1 saturated carbocycles. The Morgan fingerprint density at radius 3 is 2.68 bits per heavy atom. The van der Waals surface area contributed by atoms with Crippen LogP contribution in [0.1, 0.15) is 17.9 Å². The molecule has 4 atom stereocenters. The maximum Gasteiger partial charge on any atom is 0.116 e. The fraction of sp³-hybridized carbons (Fsp3) is 0.304. The van der Waals surface area contributed by atoms with E-state index in [4.69, 9.17) is 9.47 Å². The summed E-state index contributed by atoms with van der Waals surface area (Å²) < 4.78 is 11.2. The van der Waals surface area contributed by atoms with Crippen LogP contribution in [0.4, 0.5) is 0 Å². The first-order valence-corrected chi connectivity index (χ1v) is 8.98. The van der Waals surface area contributed by atoms with E-state index in [0.29, 0.717) is 24.5 Å². The molecule has 128 valence electrons. The number of hydrogen-bond acceptors (Lipinski definition) is 2. The third-order valence-electron chi connectivity index (χ3n) is 5.21. The van der Waals surface area contributed by atoms with Crippen LogP contribution in [0.15, 0.2) is 90.8 Å². The van der Waals surface area contributed by atoms with Crippen molar-refractivity contribution in [2.45, 2.75) is 18.4 Å². The minimum atomic E-state index is 0.233. The van der Waals surface area contributed by atoms with E-state index in [2.05, 4.69) is 61.7 Å². The van der Waals surface area contributed by atoms with Crippen LogP contribution in [0.2, 0.25) is 0 Å². The lowest BCUT2D eigenvalue weighted by Crippen LogP contribution is -2.12. The molecule has 0 spiro atoms. The number of allylic oxidation sites excluding steroid dienone is 8. The molecule has 0 amide bonds. The largest absolute Gasteiger partial charge is 0.495 e. The van der Waals surface area contributed by atoms with Crippen LogP contribution < -0.4 is 0 Å². The van der Waals surface area contributed by atoms with Crippen molar-refractivity contribution in [3.8, 4) is 0 Å². The van der Waals surface area contributed by atoms with Crippen LogP contribution in [0.25, 0.3) is 0 Å². The Bertz CT molecular complexity index is 750. The molecule has 2 aliphatic carbocycles. The summed E-state index contributed by atoms with van der Waals surface area (Å²) in [5.74, 6) is 2.46. The number of hydrogen-bond donors (Lipinski definition) is 0. The molecule has 2 nitrogen and oxygen atoms in total. The molecule has 4 rings (SSSR count). The summed E-state index contributed by atoms with van der Waals surface area (Å²) in [6.45, 7) is 9.43. The average molecular weight is 332 g/mol. The average Bonchev–Trinajstić information content (AvgIpc) is 3.55. The highest BCUT2D eigenvalue weighted by molar-refractivity contribution is 5.49. The van der Waals surface area contributed by atoms with E-state index in [1.807, 2.05) is 12.2 Å². The summed E-state index contributed by atoms with van der Waals surface area (Å²) in [7, 11) is 0. The first-order valence-electron chi connectivity index (χ1n) is 8.98. The molecule has 2 fully saturated rings. The van der Waals surface area contributed by atoms with Gasteiger partial charge in [0.1, 0.15) is 12.7 Å². The molecule has 1 aromatic carbocycles. The summed E-state index contributed by atoms with van der Waals surface area (Å²) in [4.78, 5) is 0. The zero-order valence-electron chi connectivity index (χ0n) is 14.4. The normalized spacial score (nSPS) is 28.2. The maximum atomic E-state index is 5.97. The molecule has 0 radical (unpaired) electrons. The first kappa shape index (κ1) is 16.2. The SMILES string of the molecule is C=C/C=C(\C=C)C(C1=CC=C(OCC2CO2)C2CC12)c1ccccc1. The van der Waals surface area contributed by atoms with E-state index >= 15 is 0 Å². The lowest BCUT2D eigenvalue weighted by molar-refractivity contribution is 0.168. The minimum Gasteiger partial charge on any atom is -0.495 e. The molecule has 1 aromatic rings. The molecular weight excluding hydrogens is 308 g/mol. The maximum absolute atomic E-state index is 5.97. The van der Waals surface area contributed by atoms with Gasteiger partial charge in [-0.25, -0.2) is 0 Å². The summed E-state index contributed by atoms with van der Waals surface area (Å²) in [5.41, 5.74) is 3.96. The Kier molecular flexibility index (Phi) is 4.46. The highest BCUT2D eigenvalue weighted by Crippen LogP contribution is 2.56. The van der Waals surface area contributed by atoms with E-state index in [0.717, 1.165) is 12.4 Å². The van der Waals surface area contributed by atoms with Crippen LogP contribution in [0.3, 0.4) is 0 Å². The van der Waals surface area contributed by atoms with Gasteiger partial charge in [-0.2, -0.15) is 0 Å². The number of benzene rings is 1. The molecule has 1 saturated heterocycles. The van der Waals surface area contributed by atoms with Gasteiger partial charge in [0.25, 0.3) is 0 Å². The standard InChI is InChI=1S/C23H24O2/c1-3-8-16(4-2)23(17-9-6-5-7-10-17)19-11-12-22(21-13-20(19)21)25-15-18-14-24-18/h3-12,18,20-21,23H,1-2,13-15H2/b16-8+. The van der Waals surface area contributed by atoms with Crippen molar-refractivity contribution in [1.82, 2.24) is 0 Å². The van der Waals surface area contributed by atoms with Gasteiger partial charge in [0, 0.05) is 11.8 Å². The van der Waals surface area contributed by atoms with Crippen LogP contribution in [0, 0.1) is 11.8 Å². The Hall–Kier alpha value is -2.32. The second-order valence-corrected chi connectivity index (χ2v) is 6.90. The first-order chi connectivity index (χ1) is 12.3. The fourth-order valence-electron chi connectivity index (χ4n) is 3.76. The van der Waals surface area contributed by atoms with Crippen molar-refractivity contribution < 1.29 is 9.47 Å². The highest BCUT2D eigenvalue weighted by atomic mass is 16.6. The van der Waals surface area contributed by atoms with E-state index in [-0.39, 0.29) is 5.92 Å². The third-order valence-corrected chi connectivity index (χ3v) is 5.21. The van der Waals surface area contributed by atoms with Gasteiger partial charge < -0.3 is 9.47 Å². The number of epoxide rings is 1. The van der Waals surface area contributed by atoms with Crippen molar-refractivity contribution in [3.63, 3.8) is 0 Å². The molecule has 3 aliphatic rings. The molecule has 0 aromatic heterocycles.